The van der Waals surface area contributed by atoms with E-state index in [-0.39, 0.29) is 9.79 Å². The summed E-state index contributed by atoms with van der Waals surface area (Å²) in [6, 6.07) is 4.78. The molecule has 5 nitrogen and oxygen atoms in total. The molecule has 1 saturated heterocycles. The summed E-state index contributed by atoms with van der Waals surface area (Å²) < 4.78 is 48.1. The third-order valence-electron chi connectivity index (χ3n) is 4.77. The number of nitrogens with zero attached hydrogens (tertiary/aromatic N) is 1. The van der Waals surface area contributed by atoms with Gasteiger partial charge < -0.3 is 4.90 Å². The number of hydrogen-bond acceptors (Lipinski definition) is 5. The van der Waals surface area contributed by atoms with Crippen LogP contribution in [0.15, 0.2) is 28.0 Å². The van der Waals surface area contributed by atoms with Crippen molar-refractivity contribution in [1.29, 1.82) is 0 Å². The first-order chi connectivity index (χ1) is 11.1. The van der Waals surface area contributed by atoms with Crippen LogP contribution in [0.2, 0.25) is 0 Å². The minimum absolute atomic E-state index is 0.0454. The molecule has 2 unspecified atom stereocenters. The summed E-state index contributed by atoms with van der Waals surface area (Å²) in [5.74, 6) is 0.472. The van der Waals surface area contributed by atoms with E-state index in [1.807, 2.05) is 0 Å². The highest BCUT2D eigenvalue weighted by Crippen LogP contribution is 2.36. The Balaban J connectivity index is 2.53. The Bertz CT molecular complexity index is 800. The van der Waals surface area contributed by atoms with Crippen LogP contribution in [0.5, 0.6) is 0 Å². The van der Waals surface area contributed by atoms with E-state index in [4.69, 9.17) is 0 Å². The maximum Gasteiger partial charge on any atom is 0.177 e. The molecular formula is C17H27NO4S2. The summed E-state index contributed by atoms with van der Waals surface area (Å²) in [5.41, 5.74) is 0.635. The molecule has 1 aromatic rings. The van der Waals surface area contributed by atoms with Crippen molar-refractivity contribution in [3.8, 4) is 0 Å². The van der Waals surface area contributed by atoms with Gasteiger partial charge in [0.2, 0.25) is 0 Å². The second-order valence-electron chi connectivity index (χ2n) is 6.84. The molecule has 1 aliphatic rings. The van der Waals surface area contributed by atoms with E-state index in [9.17, 15) is 16.8 Å². The highest BCUT2D eigenvalue weighted by atomic mass is 32.2. The van der Waals surface area contributed by atoms with E-state index in [1.165, 1.54) is 12.1 Å². The van der Waals surface area contributed by atoms with Crippen molar-refractivity contribution in [2.75, 3.05) is 24.0 Å². The van der Waals surface area contributed by atoms with Gasteiger partial charge in [-0.3, -0.25) is 0 Å². The molecule has 0 saturated carbocycles. The van der Waals surface area contributed by atoms with Gasteiger partial charge in [0.1, 0.15) is 0 Å². The van der Waals surface area contributed by atoms with Gasteiger partial charge in [-0.25, -0.2) is 16.8 Å². The van der Waals surface area contributed by atoms with Crippen molar-refractivity contribution in [1.82, 2.24) is 0 Å². The van der Waals surface area contributed by atoms with Crippen LogP contribution >= 0.6 is 0 Å². The summed E-state index contributed by atoms with van der Waals surface area (Å²) in [6.07, 6.45) is 6.48. The molecule has 1 aliphatic heterocycles. The number of benzene rings is 1. The molecule has 1 fully saturated rings. The Morgan fingerprint density at radius 3 is 2.38 bits per heavy atom. The number of hydrogen-bond donors (Lipinski definition) is 0. The Kier molecular flexibility index (Phi) is 5.64. The first-order valence-electron chi connectivity index (χ1n) is 8.36. The minimum Gasteiger partial charge on any atom is -0.367 e. The molecule has 0 bridgehead atoms. The zero-order valence-electron chi connectivity index (χ0n) is 14.8. The minimum atomic E-state index is -3.52. The van der Waals surface area contributed by atoms with Crippen molar-refractivity contribution in [2.45, 2.75) is 55.4 Å². The van der Waals surface area contributed by atoms with E-state index >= 15 is 0 Å². The van der Waals surface area contributed by atoms with Crippen molar-refractivity contribution in [3.63, 3.8) is 0 Å². The predicted octanol–water partition coefficient (Wildman–Crippen LogP) is 2.90. The second-order valence-corrected chi connectivity index (χ2v) is 10.8. The molecule has 7 heteroatoms. The van der Waals surface area contributed by atoms with Crippen molar-refractivity contribution >= 4 is 25.4 Å². The van der Waals surface area contributed by atoms with Crippen LogP contribution in [0, 0.1) is 5.92 Å². The highest BCUT2D eigenvalue weighted by molar-refractivity contribution is 7.91. The van der Waals surface area contributed by atoms with Crippen LogP contribution in [0.3, 0.4) is 0 Å². The first kappa shape index (κ1) is 19.2. The summed E-state index contributed by atoms with van der Waals surface area (Å²) in [4.78, 5) is 2.31. The van der Waals surface area contributed by atoms with Gasteiger partial charge in [-0.1, -0.05) is 20.3 Å². The average molecular weight is 374 g/mol. The topological polar surface area (TPSA) is 71.5 Å². The van der Waals surface area contributed by atoms with E-state index < -0.39 is 19.7 Å². The Hall–Kier alpha value is -1.08. The van der Waals surface area contributed by atoms with Gasteiger partial charge >= 0.3 is 0 Å². The molecule has 1 heterocycles. The molecule has 0 N–H and O–H groups in total. The van der Waals surface area contributed by atoms with Crippen LogP contribution in [-0.4, -0.2) is 41.9 Å². The fourth-order valence-electron chi connectivity index (χ4n) is 3.59. The van der Waals surface area contributed by atoms with Crippen LogP contribution in [0.1, 0.15) is 39.5 Å². The predicted molar refractivity (Wildman–Crippen MR) is 97.1 cm³/mol. The lowest BCUT2D eigenvalue weighted by Gasteiger charge is -2.32. The number of sulfone groups is 2. The standard InChI is InChI=1S/C17H27NO4S2/c1-5-7-13(2)15-8-6-11-18(15)16-10-9-14(23(3,19)20)12-17(16)24(4,21)22/h9-10,12-13,15H,5-8,11H2,1-4H3. The summed E-state index contributed by atoms with van der Waals surface area (Å²) in [5, 5.41) is 0. The molecule has 0 amide bonds. The molecule has 0 aromatic heterocycles. The molecule has 0 spiro atoms. The maximum absolute atomic E-state index is 12.3. The molecule has 136 valence electrons. The molecule has 24 heavy (non-hydrogen) atoms. The average Bonchev–Trinajstić information content (AvgIpc) is 2.94. The Morgan fingerprint density at radius 1 is 1.17 bits per heavy atom. The Morgan fingerprint density at radius 2 is 1.83 bits per heavy atom. The third kappa shape index (κ3) is 4.11. The van der Waals surface area contributed by atoms with Crippen molar-refractivity contribution in [3.05, 3.63) is 18.2 Å². The largest absolute Gasteiger partial charge is 0.367 e. The first-order valence-corrected chi connectivity index (χ1v) is 12.1. The molecule has 2 rings (SSSR count). The Labute approximate surface area is 145 Å². The molecule has 0 radical (unpaired) electrons. The van der Waals surface area contributed by atoms with Crippen molar-refractivity contribution in [2.24, 2.45) is 5.92 Å². The van der Waals surface area contributed by atoms with E-state index in [0.717, 1.165) is 44.7 Å². The maximum atomic E-state index is 12.3. The van der Waals surface area contributed by atoms with Gasteiger partial charge in [0.05, 0.1) is 15.5 Å². The zero-order chi connectivity index (χ0) is 18.1. The van der Waals surface area contributed by atoms with Gasteiger partial charge in [0, 0.05) is 25.1 Å². The highest BCUT2D eigenvalue weighted by Gasteiger charge is 2.32. The van der Waals surface area contributed by atoms with Crippen LogP contribution in [0.4, 0.5) is 5.69 Å². The van der Waals surface area contributed by atoms with Gasteiger partial charge in [0.15, 0.2) is 19.7 Å². The van der Waals surface area contributed by atoms with Crippen LogP contribution in [-0.2, 0) is 19.7 Å². The van der Waals surface area contributed by atoms with Crippen LogP contribution < -0.4 is 4.90 Å². The van der Waals surface area contributed by atoms with Crippen LogP contribution in [0.25, 0.3) is 0 Å². The molecule has 0 aliphatic carbocycles. The lowest BCUT2D eigenvalue weighted by atomic mass is 9.94. The lowest BCUT2D eigenvalue weighted by Crippen LogP contribution is -2.35. The summed E-state index contributed by atoms with van der Waals surface area (Å²) in [6.45, 7) is 5.16. The molecule has 1 aromatic carbocycles. The second kappa shape index (κ2) is 7.04. The summed E-state index contributed by atoms with van der Waals surface area (Å²) in [7, 11) is -6.97. The SMILES string of the molecule is CCCC(C)C1CCCN1c1ccc(S(C)(=O)=O)cc1S(C)(=O)=O. The smallest absolute Gasteiger partial charge is 0.177 e. The van der Waals surface area contributed by atoms with E-state index in [1.54, 1.807) is 6.07 Å². The quantitative estimate of drug-likeness (QED) is 0.767. The fourth-order valence-corrected chi connectivity index (χ4v) is 5.22. The van der Waals surface area contributed by atoms with Gasteiger partial charge in [0.25, 0.3) is 0 Å². The molecule has 2 atom stereocenters. The third-order valence-corrected chi connectivity index (χ3v) is 7.00. The van der Waals surface area contributed by atoms with Crippen molar-refractivity contribution < 1.29 is 16.8 Å². The normalized spacial score (nSPS) is 20.3. The van der Waals surface area contributed by atoms with Gasteiger partial charge in [-0.2, -0.15) is 0 Å². The fraction of sp³-hybridized carbons (Fsp3) is 0.647. The summed E-state index contributed by atoms with van der Waals surface area (Å²) >= 11 is 0. The van der Waals surface area contributed by atoms with E-state index in [2.05, 4.69) is 18.7 Å². The van der Waals surface area contributed by atoms with Gasteiger partial charge in [-0.15, -0.1) is 0 Å². The number of anilines is 1. The number of rotatable bonds is 6. The lowest BCUT2D eigenvalue weighted by molar-refractivity contribution is 0.420. The molecular weight excluding hydrogens is 346 g/mol. The van der Waals surface area contributed by atoms with Gasteiger partial charge in [-0.05, 0) is 43.4 Å². The zero-order valence-corrected chi connectivity index (χ0v) is 16.5. The monoisotopic (exact) mass is 373 g/mol. The van der Waals surface area contributed by atoms with E-state index in [0.29, 0.717) is 17.6 Å².